The van der Waals surface area contributed by atoms with Gasteiger partial charge < -0.3 is 14.8 Å². The number of alkyl halides is 2. The molecule has 4 nitrogen and oxygen atoms in total. The summed E-state index contributed by atoms with van der Waals surface area (Å²) in [7, 11) is 1.72. The van der Waals surface area contributed by atoms with Crippen LogP contribution in [0.2, 0.25) is 0 Å². The Bertz CT molecular complexity index is 437. The summed E-state index contributed by atoms with van der Waals surface area (Å²) in [5.41, 5.74) is 0.157. The third-order valence-corrected chi connectivity index (χ3v) is 3.07. The highest BCUT2D eigenvalue weighted by Gasteiger charge is 2.28. The van der Waals surface area contributed by atoms with Gasteiger partial charge in [-0.05, 0) is 38.6 Å². The van der Waals surface area contributed by atoms with Crippen LogP contribution in [-0.4, -0.2) is 26.2 Å². The van der Waals surface area contributed by atoms with Crippen molar-refractivity contribution in [1.29, 1.82) is 0 Å². The molecule has 0 heterocycles. The molecule has 1 rings (SSSR count). The average Bonchev–Trinajstić information content (AvgIpc) is 2.38. The molecule has 20 heavy (non-hydrogen) atoms. The normalized spacial score (nSPS) is 13.9. The van der Waals surface area contributed by atoms with Gasteiger partial charge >= 0.3 is 12.6 Å². The Morgan fingerprint density at radius 2 is 1.95 bits per heavy atom. The zero-order chi connectivity index (χ0) is 15.2. The molecule has 112 valence electrons. The molecular weight excluding hydrogens is 268 g/mol. The molecule has 0 aliphatic carbocycles. The molecular formula is C14H19F2NO3. The number of nitrogens with one attached hydrogen (secondary N) is 1. The van der Waals surface area contributed by atoms with Crippen molar-refractivity contribution in [3.05, 3.63) is 29.8 Å². The lowest BCUT2D eigenvalue weighted by Crippen LogP contribution is -2.39. The monoisotopic (exact) mass is 287 g/mol. The fourth-order valence-corrected chi connectivity index (χ4v) is 1.84. The summed E-state index contributed by atoms with van der Waals surface area (Å²) >= 11 is 0. The zero-order valence-electron chi connectivity index (χ0n) is 11.8. The predicted octanol–water partition coefficient (Wildman–Crippen LogP) is 2.68. The lowest BCUT2D eigenvalue weighted by atomic mass is 9.89. The maximum Gasteiger partial charge on any atom is 0.387 e. The van der Waals surface area contributed by atoms with E-state index in [1.54, 1.807) is 26.1 Å². The summed E-state index contributed by atoms with van der Waals surface area (Å²) in [6.07, 6.45) is 0.145. The lowest BCUT2D eigenvalue weighted by Gasteiger charge is -2.29. The van der Waals surface area contributed by atoms with E-state index in [1.807, 2.05) is 6.92 Å². The number of esters is 1. The molecule has 1 N–H and O–H groups in total. The second-order valence-corrected chi connectivity index (χ2v) is 4.47. The number of hydrogen-bond acceptors (Lipinski definition) is 4. The average molecular weight is 287 g/mol. The Hall–Kier alpha value is -1.69. The summed E-state index contributed by atoms with van der Waals surface area (Å²) in [4.78, 5) is 11.6. The molecule has 1 aromatic rings. The van der Waals surface area contributed by atoms with E-state index in [0.717, 1.165) is 5.56 Å². The third-order valence-electron chi connectivity index (χ3n) is 3.07. The van der Waals surface area contributed by atoms with Crippen molar-refractivity contribution < 1.29 is 23.0 Å². The van der Waals surface area contributed by atoms with Crippen molar-refractivity contribution in [3.63, 3.8) is 0 Å². The van der Waals surface area contributed by atoms with Gasteiger partial charge in [0, 0.05) is 0 Å². The topological polar surface area (TPSA) is 47.6 Å². The Morgan fingerprint density at radius 3 is 2.40 bits per heavy atom. The zero-order valence-corrected chi connectivity index (χ0v) is 11.8. The molecule has 0 spiro atoms. The molecule has 1 unspecified atom stereocenters. The van der Waals surface area contributed by atoms with E-state index in [1.165, 1.54) is 12.1 Å². The predicted molar refractivity (Wildman–Crippen MR) is 70.7 cm³/mol. The summed E-state index contributed by atoms with van der Waals surface area (Å²) in [6, 6.07) is 6.19. The van der Waals surface area contributed by atoms with Crippen molar-refractivity contribution in [3.8, 4) is 5.75 Å². The standard InChI is InChI=1S/C14H19F2NO3/c1-4-19-12(18)9-14(2,17-3)10-5-7-11(8-6-10)20-13(15)16/h5-8,13,17H,4,9H2,1-3H3. The quantitative estimate of drug-likeness (QED) is 0.783. The van der Waals surface area contributed by atoms with Crippen molar-refractivity contribution in [2.45, 2.75) is 32.4 Å². The van der Waals surface area contributed by atoms with Crippen LogP contribution in [0.25, 0.3) is 0 Å². The Balaban J connectivity index is 2.85. The molecule has 0 aliphatic rings. The van der Waals surface area contributed by atoms with Crippen LogP contribution in [0, 0.1) is 0 Å². The minimum Gasteiger partial charge on any atom is -0.466 e. The number of ether oxygens (including phenoxy) is 2. The molecule has 0 aromatic heterocycles. The van der Waals surface area contributed by atoms with Gasteiger partial charge in [-0.3, -0.25) is 4.79 Å². The first kappa shape index (κ1) is 16.4. The van der Waals surface area contributed by atoms with Gasteiger partial charge in [-0.15, -0.1) is 0 Å². The number of benzene rings is 1. The van der Waals surface area contributed by atoms with Crippen molar-refractivity contribution in [1.82, 2.24) is 5.32 Å². The number of rotatable bonds is 7. The SMILES string of the molecule is CCOC(=O)CC(C)(NC)c1ccc(OC(F)F)cc1. The van der Waals surface area contributed by atoms with Gasteiger partial charge in [0.05, 0.1) is 18.6 Å². The van der Waals surface area contributed by atoms with Crippen molar-refractivity contribution in [2.75, 3.05) is 13.7 Å². The summed E-state index contributed by atoms with van der Waals surface area (Å²) in [6.45, 7) is 1.05. The minimum absolute atomic E-state index is 0.0818. The smallest absolute Gasteiger partial charge is 0.387 e. The van der Waals surface area contributed by atoms with Gasteiger partial charge in [-0.25, -0.2) is 0 Å². The highest BCUT2D eigenvalue weighted by Crippen LogP contribution is 2.27. The van der Waals surface area contributed by atoms with E-state index < -0.39 is 12.2 Å². The molecule has 0 bridgehead atoms. The van der Waals surface area contributed by atoms with Crippen LogP contribution in [0.5, 0.6) is 5.75 Å². The van der Waals surface area contributed by atoms with Crippen LogP contribution in [0.15, 0.2) is 24.3 Å². The van der Waals surface area contributed by atoms with Gasteiger partial charge in [0.1, 0.15) is 5.75 Å². The van der Waals surface area contributed by atoms with Gasteiger partial charge in [-0.2, -0.15) is 8.78 Å². The van der Waals surface area contributed by atoms with Crippen LogP contribution in [0.3, 0.4) is 0 Å². The van der Waals surface area contributed by atoms with Crippen LogP contribution >= 0.6 is 0 Å². The van der Waals surface area contributed by atoms with Crippen LogP contribution < -0.4 is 10.1 Å². The Kier molecular flexibility index (Phi) is 5.88. The van der Waals surface area contributed by atoms with E-state index in [9.17, 15) is 13.6 Å². The molecule has 1 aromatic carbocycles. The van der Waals surface area contributed by atoms with Gasteiger partial charge in [0.25, 0.3) is 0 Å². The van der Waals surface area contributed by atoms with Gasteiger partial charge in [0.15, 0.2) is 0 Å². The Morgan fingerprint density at radius 1 is 1.35 bits per heavy atom. The van der Waals surface area contributed by atoms with Gasteiger partial charge in [0.2, 0.25) is 0 Å². The molecule has 6 heteroatoms. The summed E-state index contributed by atoms with van der Waals surface area (Å²) in [5, 5.41) is 3.05. The molecule has 0 saturated heterocycles. The highest BCUT2D eigenvalue weighted by atomic mass is 19.3. The van der Waals surface area contributed by atoms with E-state index in [2.05, 4.69) is 10.1 Å². The molecule has 0 fully saturated rings. The molecule has 0 saturated carbocycles. The van der Waals surface area contributed by atoms with Crippen LogP contribution in [0.1, 0.15) is 25.8 Å². The van der Waals surface area contributed by atoms with E-state index >= 15 is 0 Å². The number of carbonyl (C=O) groups is 1. The summed E-state index contributed by atoms with van der Waals surface area (Å²) in [5.74, 6) is -0.240. The van der Waals surface area contributed by atoms with Gasteiger partial charge in [-0.1, -0.05) is 12.1 Å². The molecule has 0 radical (unpaired) electrons. The molecule has 0 aliphatic heterocycles. The van der Waals surface area contributed by atoms with Crippen molar-refractivity contribution in [2.24, 2.45) is 0 Å². The maximum atomic E-state index is 12.1. The Labute approximate surface area is 117 Å². The fourth-order valence-electron chi connectivity index (χ4n) is 1.84. The maximum absolute atomic E-state index is 12.1. The number of carbonyl (C=O) groups excluding carboxylic acids is 1. The lowest BCUT2D eigenvalue weighted by molar-refractivity contribution is -0.144. The molecule has 1 atom stereocenters. The first-order valence-electron chi connectivity index (χ1n) is 6.31. The highest BCUT2D eigenvalue weighted by molar-refractivity contribution is 5.71. The number of halogens is 2. The second-order valence-electron chi connectivity index (χ2n) is 4.47. The first-order chi connectivity index (χ1) is 9.41. The van der Waals surface area contributed by atoms with E-state index in [0.29, 0.717) is 6.61 Å². The molecule has 0 amide bonds. The summed E-state index contributed by atoms with van der Waals surface area (Å²) < 4.78 is 33.4. The largest absolute Gasteiger partial charge is 0.466 e. The van der Waals surface area contributed by atoms with E-state index in [4.69, 9.17) is 4.74 Å². The number of hydrogen-bond donors (Lipinski definition) is 1. The van der Waals surface area contributed by atoms with Crippen LogP contribution in [0.4, 0.5) is 8.78 Å². The van der Waals surface area contributed by atoms with Crippen LogP contribution in [-0.2, 0) is 15.1 Å². The third kappa shape index (κ3) is 4.45. The first-order valence-corrected chi connectivity index (χ1v) is 6.31. The fraction of sp³-hybridized carbons (Fsp3) is 0.500. The van der Waals surface area contributed by atoms with Crippen molar-refractivity contribution >= 4 is 5.97 Å². The van der Waals surface area contributed by atoms with E-state index in [-0.39, 0.29) is 18.1 Å². The second kappa shape index (κ2) is 7.19. The minimum atomic E-state index is -2.85.